The summed E-state index contributed by atoms with van der Waals surface area (Å²) in [4.78, 5) is 20.0. The Labute approximate surface area is 179 Å². The number of Topliss-reactive ketones (excluding diaryl/α,β-unsaturated/α-hetero) is 1. The SMILES string of the molecule is CCOCC(=O)CCC1CCC(Cc2cccc(-c3nc4ccccc4[nH]3)c2)CC1. The Morgan fingerprint density at radius 2 is 1.87 bits per heavy atom. The highest BCUT2D eigenvalue weighted by molar-refractivity contribution is 5.80. The molecule has 2 aromatic carbocycles. The van der Waals surface area contributed by atoms with Crippen molar-refractivity contribution in [2.45, 2.75) is 51.9 Å². The van der Waals surface area contributed by atoms with E-state index in [1.807, 2.05) is 25.1 Å². The molecule has 0 spiro atoms. The fourth-order valence-electron chi connectivity index (χ4n) is 4.65. The third-order valence-electron chi connectivity index (χ3n) is 6.38. The van der Waals surface area contributed by atoms with Crippen LogP contribution in [0.5, 0.6) is 0 Å². The standard InChI is InChI=1S/C26H32N2O2/c1-2-30-18-23(29)15-14-19-10-12-20(13-11-19)16-21-6-5-7-22(17-21)26-27-24-8-3-4-9-25(24)28-26/h3-9,17,19-20H,2,10-16,18H2,1H3,(H,27,28). The minimum absolute atomic E-state index is 0.251. The third kappa shape index (κ3) is 5.37. The van der Waals surface area contributed by atoms with Crippen LogP contribution in [-0.2, 0) is 16.0 Å². The van der Waals surface area contributed by atoms with Gasteiger partial charge in [0, 0.05) is 18.6 Å². The van der Waals surface area contributed by atoms with Crippen molar-refractivity contribution in [3.8, 4) is 11.4 Å². The fraction of sp³-hybridized carbons (Fsp3) is 0.462. The van der Waals surface area contributed by atoms with Gasteiger partial charge in [-0.25, -0.2) is 4.98 Å². The van der Waals surface area contributed by atoms with Crippen LogP contribution in [-0.4, -0.2) is 29.0 Å². The molecule has 0 atom stereocenters. The average molecular weight is 405 g/mol. The maximum Gasteiger partial charge on any atom is 0.158 e. The number of carbonyl (C=O) groups is 1. The Morgan fingerprint density at radius 1 is 1.07 bits per heavy atom. The molecule has 4 heteroatoms. The first kappa shape index (κ1) is 20.8. The van der Waals surface area contributed by atoms with Gasteiger partial charge in [-0.05, 0) is 68.2 Å². The number of nitrogens with one attached hydrogen (secondary N) is 1. The van der Waals surface area contributed by atoms with Gasteiger partial charge >= 0.3 is 0 Å². The Hall–Kier alpha value is -2.46. The lowest BCUT2D eigenvalue weighted by Crippen LogP contribution is -2.18. The van der Waals surface area contributed by atoms with Crippen LogP contribution < -0.4 is 0 Å². The molecule has 0 bridgehead atoms. The molecule has 4 rings (SSSR count). The van der Waals surface area contributed by atoms with Gasteiger partial charge in [0.15, 0.2) is 5.78 Å². The number of benzene rings is 2. The number of rotatable bonds is 9. The fourth-order valence-corrected chi connectivity index (χ4v) is 4.65. The number of hydrogen-bond donors (Lipinski definition) is 1. The van der Waals surface area contributed by atoms with E-state index in [2.05, 4.69) is 35.3 Å². The highest BCUT2D eigenvalue weighted by atomic mass is 16.5. The van der Waals surface area contributed by atoms with Gasteiger partial charge in [0.25, 0.3) is 0 Å². The Kier molecular flexibility index (Phi) is 6.96. The van der Waals surface area contributed by atoms with Crippen molar-refractivity contribution in [2.24, 2.45) is 11.8 Å². The summed E-state index contributed by atoms with van der Waals surface area (Å²) in [7, 11) is 0. The maximum absolute atomic E-state index is 11.8. The first-order valence-electron chi connectivity index (χ1n) is 11.3. The minimum atomic E-state index is 0.251. The molecular formula is C26H32N2O2. The van der Waals surface area contributed by atoms with Crippen molar-refractivity contribution in [1.82, 2.24) is 9.97 Å². The summed E-state index contributed by atoms with van der Waals surface area (Å²) in [5, 5.41) is 0. The van der Waals surface area contributed by atoms with Crippen molar-refractivity contribution >= 4 is 16.8 Å². The van der Waals surface area contributed by atoms with Gasteiger partial charge in [-0.1, -0.05) is 43.2 Å². The molecule has 4 nitrogen and oxygen atoms in total. The largest absolute Gasteiger partial charge is 0.374 e. The lowest BCUT2D eigenvalue weighted by Gasteiger charge is -2.28. The number of H-pyrrole nitrogens is 1. The van der Waals surface area contributed by atoms with Gasteiger partial charge in [-0.2, -0.15) is 0 Å². The summed E-state index contributed by atoms with van der Waals surface area (Å²) in [6, 6.07) is 17.0. The number of para-hydroxylation sites is 2. The van der Waals surface area contributed by atoms with Gasteiger partial charge in [0.1, 0.15) is 12.4 Å². The van der Waals surface area contributed by atoms with E-state index in [0.717, 1.165) is 41.2 Å². The molecule has 3 aromatic rings. The number of imidazole rings is 1. The number of ether oxygens (including phenoxy) is 1. The van der Waals surface area contributed by atoms with Crippen LogP contribution in [0.3, 0.4) is 0 Å². The topological polar surface area (TPSA) is 55.0 Å². The van der Waals surface area contributed by atoms with Crippen molar-refractivity contribution in [1.29, 1.82) is 0 Å². The molecule has 0 unspecified atom stereocenters. The molecule has 1 saturated carbocycles. The highest BCUT2D eigenvalue weighted by Crippen LogP contribution is 2.34. The number of aromatic nitrogens is 2. The number of aromatic amines is 1. The van der Waals surface area contributed by atoms with E-state index in [1.165, 1.54) is 31.2 Å². The number of fused-ring (bicyclic) bond motifs is 1. The molecule has 1 aliphatic rings. The molecule has 1 aromatic heterocycles. The van der Waals surface area contributed by atoms with Crippen LogP contribution in [0.1, 0.15) is 51.0 Å². The predicted molar refractivity (Wildman–Crippen MR) is 121 cm³/mol. The van der Waals surface area contributed by atoms with E-state index >= 15 is 0 Å². The summed E-state index contributed by atoms with van der Waals surface area (Å²) >= 11 is 0. The summed E-state index contributed by atoms with van der Waals surface area (Å²) in [5.74, 6) is 2.64. The third-order valence-corrected chi connectivity index (χ3v) is 6.38. The normalized spacial score (nSPS) is 19.2. The molecule has 0 saturated heterocycles. The second-order valence-corrected chi connectivity index (χ2v) is 8.61. The molecule has 0 aliphatic heterocycles. The highest BCUT2D eigenvalue weighted by Gasteiger charge is 2.22. The number of carbonyl (C=O) groups excluding carboxylic acids is 1. The molecule has 1 aliphatic carbocycles. The predicted octanol–water partition coefficient (Wildman–Crippen LogP) is 5.96. The van der Waals surface area contributed by atoms with Crippen LogP contribution in [0.2, 0.25) is 0 Å². The second-order valence-electron chi connectivity index (χ2n) is 8.61. The molecule has 0 radical (unpaired) electrons. The first-order chi connectivity index (χ1) is 14.7. The lowest BCUT2D eigenvalue weighted by molar-refractivity contribution is -0.123. The van der Waals surface area contributed by atoms with Crippen molar-refractivity contribution in [3.05, 3.63) is 54.1 Å². The number of nitrogens with zero attached hydrogens (tertiary/aromatic N) is 1. The van der Waals surface area contributed by atoms with Gasteiger partial charge in [0.2, 0.25) is 0 Å². The van der Waals surface area contributed by atoms with Gasteiger partial charge in [-0.15, -0.1) is 0 Å². The first-order valence-corrected chi connectivity index (χ1v) is 11.3. The molecule has 30 heavy (non-hydrogen) atoms. The summed E-state index contributed by atoms with van der Waals surface area (Å²) in [5.41, 5.74) is 4.64. The van der Waals surface area contributed by atoms with Gasteiger partial charge in [0.05, 0.1) is 11.0 Å². The van der Waals surface area contributed by atoms with E-state index < -0.39 is 0 Å². The second kappa shape index (κ2) is 10.0. The molecule has 1 heterocycles. The zero-order valence-electron chi connectivity index (χ0n) is 17.9. The monoisotopic (exact) mass is 404 g/mol. The maximum atomic E-state index is 11.8. The Balaban J connectivity index is 1.29. The number of hydrogen-bond acceptors (Lipinski definition) is 3. The summed E-state index contributed by atoms with van der Waals surface area (Å²) in [6.45, 7) is 2.84. The van der Waals surface area contributed by atoms with E-state index in [1.54, 1.807) is 0 Å². The zero-order chi connectivity index (χ0) is 20.8. The van der Waals surface area contributed by atoms with Gasteiger partial charge < -0.3 is 9.72 Å². The molecule has 158 valence electrons. The smallest absolute Gasteiger partial charge is 0.158 e. The summed E-state index contributed by atoms with van der Waals surface area (Å²) in [6.07, 6.45) is 7.85. The van der Waals surface area contributed by atoms with E-state index in [-0.39, 0.29) is 12.4 Å². The Bertz CT molecular complexity index is 937. The van der Waals surface area contributed by atoms with Crippen LogP contribution >= 0.6 is 0 Å². The van der Waals surface area contributed by atoms with Crippen LogP contribution in [0, 0.1) is 11.8 Å². The van der Waals surface area contributed by atoms with E-state index in [4.69, 9.17) is 9.72 Å². The van der Waals surface area contributed by atoms with Gasteiger partial charge in [-0.3, -0.25) is 4.79 Å². The minimum Gasteiger partial charge on any atom is -0.374 e. The molecule has 1 fully saturated rings. The summed E-state index contributed by atoms with van der Waals surface area (Å²) < 4.78 is 5.22. The lowest BCUT2D eigenvalue weighted by atomic mass is 9.77. The van der Waals surface area contributed by atoms with E-state index in [9.17, 15) is 4.79 Å². The van der Waals surface area contributed by atoms with Crippen LogP contribution in [0.4, 0.5) is 0 Å². The molecule has 0 amide bonds. The van der Waals surface area contributed by atoms with Crippen molar-refractivity contribution in [3.63, 3.8) is 0 Å². The zero-order valence-corrected chi connectivity index (χ0v) is 17.9. The molecule has 1 N–H and O–H groups in total. The van der Waals surface area contributed by atoms with Crippen LogP contribution in [0.25, 0.3) is 22.4 Å². The number of ketones is 1. The molecular weight excluding hydrogens is 372 g/mol. The Morgan fingerprint density at radius 3 is 2.67 bits per heavy atom. The average Bonchev–Trinajstić information content (AvgIpc) is 3.22. The van der Waals surface area contributed by atoms with Crippen LogP contribution in [0.15, 0.2) is 48.5 Å². The van der Waals surface area contributed by atoms with Crippen molar-refractivity contribution < 1.29 is 9.53 Å². The quantitative estimate of drug-likeness (QED) is 0.478. The van der Waals surface area contributed by atoms with E-state index in [0.29, 0.717) is 18.9 Å². The van der Waals surface area contributed by atoms with Crippen molar-refractivity contribution in [2.75, 3.05) is 13.2 Å².